The quantitative estimate of drug-likeness (QED) is 0.674. The molecule has 1 aromatic heterocycles. The number of aromatic nitrogens is 2. The van der Waals surface area contributed by atoms with Gasteiger partial charge < -0.3 is 4.74 Å². The highest BCUT2D eigenvalue weighted by molar-refractivity contribution is 7.99. The number of benzene rings is 2. The topological polar surface area (TPSA) is 27.1 Å². The highest BCUT2D eigenvalue weighted by atomic mass is 35.5. The molecule has 0 aliphatic carbocycles. The molecule has 0 spiro atoms. The van der Waals surface area contributed by atoms with Gasteiger partial charge in [-0.15, -0.1) is 0 Å². The molecular weight excluding hydrogens is 316 g/mol. The lowest BCUT2D eigenvalue weighted by molar-refractivity contribution is 0.375. The fraction of sp³-hybridized carbons (Fsp3) is 0.118. The predicted molar refractivity (Wildman–Crippen MR) is 90.4 cm³/mol. The molecule has 5 heteroatoms. The Labute approximate surface area is 138 Å². The minimum Gasteiger partial charge on any atom is -0.480 e. The summed E-state index contributed by atoms with van der Waals surface area (Å²) < 4.78 is 7.43. The van der Waals surface area contributed by atoms with Crippen LogP contribution in [0.3, 0.4) is 0 Å². The highest BCUT2D eigenvalue weighted by Gasteiger charge is 2.18. The maximum Gasteiger partial charge on any atom is 0.231 e. The van der Waals surface area contributed by atoms with E-state index in [9.17, 15) is 0 Å². The van der Waals surface area contributed by atoms with Crippen LogP contribution < -0.4 is 4.74 Å². The first-order valence-corrected chi connectivity index (χ1v) is 8.01. The first kappa shape index (κ1) is 15.0. The van der Waals surface area contributed by atoms with E-state index in [2.05, 4.69) is 5.10 Å². The molecule has 2 aromatic carbocycles. The number of para-hydroxylation sites is 1. The van der Waals surface area contributed by atoms with E-state index in [1.165, 1.54) is 0 Å². The van der Waals surface area contributed by atoms with Crippen LogP contribution in [-0.4, -0.2) is 16.9 Å². The van der Waals surface area contributed by atoms with E-state index in [4.69, 9.17) is 16.3 Å². The Bertz CT molecular complexity index is 769. The van der Waals surface area contributed by atoms with E-state index >= 15 is 0 Å². The van der Waals surface area contributed by atoms with Crippen LogP contribution in [0.1, 0.15) is 5.69 Å². The normalized spacial score (nSPS) is 10.7. The van der Waals surface area contributed by atoms with Gasteiger partial charge in [0.05, 0.1) is 23.4 Å². The van der Waals surface area contributed by atoms with E-state index in [0.717, 1.165) is 32.1 Å². The van der Waals surface area contributed by atoms with Crippen LogP contribution in [0.15, 0.2) is 64.4 Å². The molecule has 22 heavy (non-hydrogen) atoms. The Kier molecular flexibility index (Phi) is 4.41. The van der Waals surface area contributed by atoms with Crippen LogP contribution in [0.25, 0.3) is 5.69 Å². The minimum atomic E-state index is 0.730. The average Bonchev–Trinajstić information content (AvgIpc) is 2.86. The molecule has 0 fully saturated rings. The lowest BCUT2D eigenvalue weighted by Crippen LogP contribution is -1.99. The molecule has 0 saturated carbocycles. The van der Waals surface area contributed by atoms with Gasteiger partial charge in [-0.25, -0.2) is 0 Å². The van der Waals surface area contributed by atoms with Crippen molar-refractivity contribution in [1.82, 2.24) is 9.78 Å². The van der Waals surface area contributed by atoms with Crippen LogP contribution in [0.2, 0.25) is 5.02 Å². The Morgan fingerprint density at radius 1 is 1.05 bits per heavy atom. The van der Waals surface area contributed by atoms with Crippen molar-refractivity contribution in [3.63, 3.8) is 0 Å². The Morgan fingerprint density at radius 3 is 2.36 bits per heavy atom. The fourth-order valence-corrected chi connectivity index (χ4v) is 3.23. The van der Waals surface area contributed by atoms with Crippen molar-refractivity contribution in [2.75, 3.05) is 7.11 Å². The molecular formula is C17H15ClN2OS. The van der Waals surface area contributed by atoms with Gasteiger partial charge in [0.25, 0.3) is 0 Å². The Hall–Kier alpha value is -1.91. The Balaban J connectivity index is 2.01. The van der Waals surface area contributed by atoms with Gasteiger partial charge in [-0.1, -0.05) is 41.6 Å². The molecule has 0 bridgehead atoms. The zero-order chi connectivity index (χ0) is 15.5. The maximum atomic E-state index is 5.94. The van der Waals surface area contributed by atoms with E-state index < -0.39 is 0 Å². The first-order valence-electron chi connectivity index (χ1n) is 6.81. The number of hydrogen-bond acceptors (Lipinski definition) is 3. The number of nitrogens with zero attached hydrogens (tertiary/aromatic N) is 2. The van der Waals surface area contributed by atoms with Gasteiger partial charge >= 0.3 is 0 Å². The van der Waals surface area contributed by atoms with Crippen molar-refractivity contribution in [2.24, 2.45) is 0 Å². The summed E-state index contributed by atoms with van der Waals surface area (Å²) in [7, 11) is 1.67. The smallest absolute Gasteiger partial charge is 0.231 e. The molecule has 0 atom stereocenters. The molecule has 3 nitrogen and oxygen atoms in total. The monoisotopic (exact) mass is 330 g/mol. The van der Waals surface area contributed by atoms with Crippen molar-refractivity contribution in [3.05, 3.63) is 65.3 Å². The third kappa shape index (κ3) is 2.98. The highest BCUT2D eigenvalue weighted by Crippen LogP contribution is 2.38. The second-order valence-corrected chi connectivity index (χ2v) is 6.25. The molecule has 1 heterocycles. The summed E-state index contributed by atoms with van der Waals surface area (Å²) in [4.78, 5) is 2.10. The van der Waals surface area contributed by atoms with Crippen molar-refractivity contribution in [1.29, 1.82) is 0 Å². The van der Waals surface area contributed by atoms with Crippen LogP contribution in [0, 0.1) is 6.92 Å². The lowest BCUT2D eigenvalue weighted by atomic mass is 10.3. The van der Waals surface area contributed by atoms with Crippen LogP contribution in [0.5, 0.6) is 5.88 Å². The Morgan fingerprint density at radius 2 is 1.73 bits per heavy atom. The fourth-order valence-electron chi connectivity index (χ4n) is 2.15. The molecule has 0 saturated heterocycles. The van der Waals surface area contributed by atoms with Crippen LogP contribution >= 0.6 is 23.4 Å². The van der Waals surface area contributed by atoms with Crippen molar-refractivity contribution in [3.8, 4) is 11.6 Å². The molecule has 112 valence electrons. The first-order chi connectivity index (χ1) is 10.7. The largest absolute Gasteiger partial charge is 0.480 e. The molecule has 0 radical (unpaired) electrons. The lowest BCUT2D eigenvalue weighted by Gasteiger charge is -2.08. The van der Waals surface area contributed by atoms with E-state index in [-0.39, 0.29) is 0 Å². The van der Waals surface area contributed by atoms with Gasteiger partial charge in [-0.3, -0.25) is 0 Å². The van der Waals surface area contributed by atoms with Crippen molar-refractivity contribution >= 4 is 23.4 Å². The van der Waals surface area contributed by atoms with Gasteiger partial charge in [0.2, 0.25) is 5.88 Å². The molecule has 3 rings (SSSR count). The number of methoxy groups -OCH3 is 1. The third-order valence-corrected chi connectivity index (χ3v) is 4.63. The molecule has 0 N–H and O–H groups in total. The number of aryl methyl sites for hydroxylation is 1. The summed E-state index contributed by atoms with van der Waals surface area (Å²) in [5, 5.41) is 5.34. The summed E-state index contributed by atoms with van der Waals surface area (Å²) in [6.45, 7) is 1.99. The molecule has 0 aliphatic rings. The maximum absolute atomic E-state index is 5.94. The summed E-state index contributed by atoms with van der Waals surface area (Å²) in [6.07, 6.45) is 0. The second-order valence-electron chi connectivity index (χ2n) is 4.73. The standard InChI is InChI=1S/C17H15ClN2OS/c1-12-16(22-15-10-8-13(18)9-11-15)17(21-2)20(19-12)14-6-4-3-5-7-14/h3-11H,1-2H3. The molecule has 0 unspecified atom stereocenters. The van der Waals surface area contributed by atoms with Gasteiger partial charge in [-0.2, -0.15) is 9.78 Å². The summed E-state index contributed by atoms with van der Waals surface area (Å²) >= 11 is 7.56. The number of halogens is 1. The van der Waals surface area contributed by atoms with Crippen LogP contribution in [-0.2, 0) is 0 Å². The van der Waals surface area contributed by atoms with E-state index in [0.29, 0.717) is 0 Å². The minimum absolute atomic E-state index is 0.730. The number of hydrogen-bond donors (Lipinski definition) is 0. The molecule has 3 aromatic rings. The summed E-state index contributed by atoms with van der Waals surface area (Å²) in [5.41, 5.74) is 1.91. The SMILES string of the molecule is COc1c(Sc2ccc(Cl)cc2)c(C)nn1-c1ccccc1. The van der Waals surface area contributed by atoms with E-state index in [1.54, 1.807) is 18.9 Å². The van der Waals surface area contributed by atoms with Gasteiger partial charge in [-0.05, 0) is 43.3 Å². The summed E-state index contributed by atoms with van der Waals surface area (Å²) in [5.74, 6) is 0.739. The van der Waals surface area contributed by atoms with Gasteiger partial charge in [0.15, 0.2) is 0 Å². The zero-order valence-corrected chi connectivity index (χ0v) is 13.9. The number of rotatable bonds is 4. The number of ether oxygens (including phenoxy) is 1. The zero-order valence-electron chi connectivity index (χ0n) is 12.3. The average molecular weight is 331 g/mol. The summed E-state index contributed by atoms with van der Waals surface area (Å²) in [6, 6.07) is 17.7. The predicted octanol–water partition coefficient (Wildman–Crippen LogP) is 4.99. The van der Waals surface area contributed by atoms with Crippen molar-refractivity contribution in [2.45, 2.75) is 16.7 Å². The second kappa shape index (κ2) is 6.46. The third-order valence-electron chi connectivity index (χ3n) is 3.19. The van der Waals surface area contributed by atoms with Gasteiger partial charge in [0.1, 0.15) is 0 Å². The van der Waals surface area contributed by atoms with Gasteiger partial charge in [0, 0.05) is 9.92 Å². The van der Waals surface area contributed by atoms with Crippen molar-refractivity contribution < 1.29 is 4.74 Å². The molecule has 0 aliphatic heterocycles. The van der Waals surface area contributed by atoms with Crippen LogP contribution in [0.4, 0.5) is 0 Å². The molecule has 0 amide bonds. The van der Waals surface area contributed by atoms with E-state index in [1.807, 2.05) is 66.2 Å².